The second kappa shape index (κ2) is 9.49. The molecule has 0 saturated carbocycles. The van der Waals surface area contributed by atoms with Crippen LogP contribution >= 0.6 is 11.6 Å². The Bertz CT molecular complexity index is 1510. The first-order valence-corrected chi connectivity index (χ1v) is 12.4. The van der Waals surface area contributed by atoms with E-state index in [0.29, 0.717) is 52.7 Å². The maximum atomic E-state index is 13.2. The zero-order chi connectivity index (χ0) is 25.5. The largest absolute Gasteiger partial charge is 0.479 e. The molecular formula is C27H23ClFN5O3. The second-order valence-electron chi connectivity index (χ2n) is 9.09. The van der Waals surface area contributed by atoms with Gasteiger partial charge >= 0.3 is 0 Å². The molecule has 0 bridgehead atoms. The maximum absolute atomic E-state index is 13.2. The molecule has 0 radical (unpaired) electrons. The molecule has 1 unspecified atom stereocenters. The van der Waals surface area contributed by atoms with E-state index in [-0.39, 0.29) is 17.6 Å². The van der Waals surface area contributed by atoms with Crippen molar-refractivity contribution in [3.8, 4) is 16.9 Å². The normalized spacial score (nSPS) is 16.9. The lowest BCUT2D eigenvalue weighted by Crippen LogP contribution is -2.50. The number of amides is 2. The summed E-state index contributed by atoms with van der Waals surface area (Å²) >= 11 is 6.49. The van der Waals surface area contributed by atoms with Gasteiger partial charge in [0.25, 0.3) is 11.8 Å². The van der Waals surface area contributed by atoms with Crippen molar-refractivity contribution in [2.75, 3.05) is 31.5 Å². The average Bonchev–Trinajstić information content (AvgIpc) is 3.54. The number of carbonyl (C=O) groups is 2. The molecule has 0 aliphatic carbocycles. The molecule has 1 atom stereocenters. The molecule has 188 valence electrons. The third-order valence-electron chi connectivity index (χ3n) is 6.67. The first-order chi connectivity index (χ1) is 18.0. The van der Waals surface area contributed by atoms with Gasteiger partial charge in [0.2, 0.25) is 0 Å². The van der Waals surface area contributed by atoms with Crippen LogP contribution in [0.2, 0.25) is 5.02 Å². The quantitative estimate of drug-likeness (QED) is 0.378. The second-order valence-corrected chi connectivity index (χ2v) is 9.53. The molecule has 2 amide bonds. The van der Waals surface area contributed by atoms with Gasteiger partial charge < -0.3 is 25.3 Å². The van der Waals surface area contributed by atoms with Crippen LogP contribution in [0.1, 0.15) is 16.1 Å². The maximum Gasteiger partial charge on any atom is 0.272 e. The Morgan fingerprint density at radius 3 is 2.65 bits per heavy atom. The number of nitrogens with one attached hydrogen (secondary N) is 3. The number of pyridine rings is 1. The van der Waals surface area contributed by atoms with Gasteiger partial charge in [-0.3, -0.25) is 9.59 Å². The standard InChI is InChI=1S/C27H23ClFN5O3/c28-16-11-15-12-23(27(36)34-9-7-30-8-10-34)37-24(15)20(13-16)19-5-6-31-25-21(19)14-22(33-25)26(35)32-18-3-1-17(29)2-4-18/h1-6,11,13-14,23,30H,7-10,12H2,(H,31,33)(H,32,35). The number of fused-ring (bicyclic) bond motifs is 2. The number of hydrogen-bond donors (Lipinski definition) is 3. The van der Waals surface area contributed by atoms with Crippen LogP contribution in [0.25, 0.3) is 22.2 Å². The Balaban J connectivity index is 1.32. The Hall–Kier alpha value is -3.95. The van der Waals surface area contributed by atoms with Gasteiger partial charge in [-0.05, 0) is 54.1 Å². The third-order valence-corrected chi connectivity index (χ3v) is 6.89. The molecule has 10 heteroatoms. The highest BCUT2D eigenvalue weighted by molar-refractivity contribution is 6.31. The van der Waals surface area contributed by atoms with Crippen molar-refractivity contribution >= 4 is 40.1 Å². The zero-order valence-electron chi connectivity index (χ0n) is 19.7. The van der Waals surface area contributed by atoms with Gasteiger partial charge in [-0.15, -0.1) is 0 Å². The molecule has 37 heavy (non-hydrogen) atoms. The van der Waals surface area contributed by atoms with Crippen LogP contribution in [-0.2, 0) is 11.2 Å². The smallest absolute Gasteiger partial charge is 0.272 e. The molecule has 2 aliphatic heterocycles. The summed E-state index contributed by atoms with van der Waals surface area (Å²) < 4.78 is 19.5. The topological polar surface area (TPSA) is 99.3 Å². The van der Waals surface area contributed by atoms with Crippen LogP contribution in [0, 0.1) is 5.82 Å². The fourth-order valence-electron chi connectivity index (χ4n) is 4.87. The number of carbonyl (C=O) groups excluding carboxylic acids is 2. The number of ether oxygens (including phenoxy) is 1. The van der Waals surface area contributed by atoms with Gasteiger partial charge in [-0.1, -0.05) is 11.6 Å². The summed E-state index contributed by atoms with van der Waals surface area (Å²) in [5.41, 5.74) is 3.66. The predicted octanol–water partition coefficient (Wildman–Crippen LogP) is 4.01. The molecule has 0 spiro atoms. The number of piperazine rings is 1. The molecule has 2 aliphatic rings. The van der Waals surface area contributed by atoms with E-state index in [1.807, 2.05) is 17.0 Å². The lowest BCUT2D eigenvalue weighted by atomic mass is 9.99. The zero-order valence-corrected chi connectivity index (χ0v) is 20.4. The minimum absolute atomic E-state index is 0.0268. The number of hydrogen-bond acceptors (Lipinski definition) is 5. The molecular weight excluding hydrogens is 497 g/mol. The number of H-pyrrole nitrogens is 1. The lowest BCUT2D eigenvalue weighted by Gasteiger charge is -2.29. The number of benzene rings is 2. The van der Waals surface area contributed by atoms with Crippen molar-refractivity contribution in [1.82, 2.24) is 20.2 Å². The van der Waals surface area contributed by atoms with Crippen molar-refractivity contribution in [2.45, 2.75) is 12.5 Å². The Morgan fingerprint density at radius 1 is 1.08 bits per heavy atom. The molecule has 2 aromatic carbocycles. The first-order valence-electron chi connectivity index (χ1n) is 12.0. The summed E-state index contributed by atoms with van der Waals surface area (Å²) in [4.78, 5) is 35.3. The minimum atomic E-state index is -0.606. The van der Waals surface area contributed by atoms with E-state index in [0.717, 1.165) is 29.8 Å². The van der Waals surface area contributed by atoms with Gasteiger partial charge in [-0.25, -0.2) is 9.37 Å². The van der Waals surface area contributed by atoms with Gasteiger partial charge in [-0.2, -0.15) is 0 Å². The Morgan fingerprint density at radius 2 is 1.86 bits per heavy atom. The van der Waals surface area contributed by atoms with Crippen LogP contribution in [0.15, 0.2) is 54.7 Å². The summed E-state index contributed by atoms with van der Waals surface area (Å²) in [5.74, 6) is -0.180. The molecule has 1 saturated heterocycles. The molecule has 6 rings (SSSR count). The number of aromatic amines is 1. The predicted molar refractivity (Wildman–Crippen MR) is 138 cm³/mol. The van der Waals surface area contributed by atoms with Gasteiger partial charge in [0.1, 0.15) is 22.9 Å². The fourth-order valence-corrected chi connectivity index (χ4v) is 5.11. The highest BCUT2D eigenvalue weighted by Gasteiger charge is 2.35. The molecule has 8 nitrogen and oxygen atoms in total. The summed E-state index contributed by atoms with van der Waals surface area (Å²) in [6, 6.07) is 12.7. The SMILES string of the molecule is O=C(Nc1ccc(F)cc1)c1cc2c(-c3cc(Cl)cc4c3OC(C(=O)N3CCNCC3)C4)ccnc2[nH]1. The Kier molecular flexibility index (Phi) is 6.02. The molecule has 3 N–H and O–H groups in total. The number of nitrogens with zero attached hydrogens (tertiary/aromatic N) is 2. The molecule has 1 fully saturated rings. The van der Waals surface area contributed by atoms with Gasteiger partial charge in [0.15, 0.2) is 6.10 Å². The Labute approximate surface area is 216 Å². The van der Waals surface area contributed by atoms with E-state index >= 15 is 0 Å². The summed E-state index contributed by atoms with van der Waals surface area (Å²) in [5, 5.41) is 7.24. The number of aromatic nitrogens is 2. The third kappa shape index (κ3) is 4.52. The van der Waals surface area contributed by atoms with Crippen molar-refractivity contribution < 1.29 is 18.7 Å². The van der Waals surface area contributed by atoms with Gasteiger partial charge in [0.05, 0.1) is 0 Å². The number of rotatable bonds is 4. The summed E-state index contributed by atoms with van der Waals surface area (Å²) in [6.07, 6.45) is 1.48. The van der Waals surface area contributed by atoms with Crippen molar-refractivity contribution in [3.63, 3.8) is 0 Å². The summed E-state index contributed by atoms with van der Waals surface area (Å²) in [7, 11) is 0. The monoisotopic (exact) mass is 519 g/mol. The van der Waals surface area contributed by atoms with Crippen LogP contribution in [-0.4, -0.2) is 59.0 Å². The van der Waals surface area contributed by atoms with E-state index in [2.05, 4.69) is 20.6 Å². The number of anilines is 1. The van der Waals surface area contributed by atoms with Crippen LogP contribution < -0.4 is 15.4 Å². The highest BCUT2D eigenvalue weighted by Crippen LogP contribution is 2.43. The number of halogens is 2. The van der Waals surface area contributed by atoms with Crippen molar-refractivity contribution in [1.29, 1.82) is 0 Å². The van der Waals surface area contributed by atoms with Gasteiger partial charge in [0, 0.05) is 66.0 Å². The lowest BCUT2D eigenvalue weighted by molar-refractivity contribution is -0.138. The van der Waals surface area contributed by atoms with Crippen molar-refractivity contribution in [2.24, 2.45) is 0 Å². The van der Waals surface area contributed by atoms with Crippen LogP contribution in [0.5, 0.6) is 5.75 Å². The van der Waals surface area contributed by atoms with E-state index in [1.165, 1.54) is 24.3 Å². The van der Waals surface area contributed by atoms with E-state index in [4.69, 9.17) is 16.3 Å². The highest BCUT2D eigenvalue weighted by atomic mass is 35.5. The minimum Gasteiger partial charge on any atom is -0.479 e. The van der Waals surface area contributed by atoms with E-state index in [9.17, 15) is 14.0 Å². The summed E-state index contributed by atoms with van der Waals surface area (Å²) in [6.45, 7) is 2.84. The van der Waals surface area contributed by atoms with E-state index < -0.39 is 6.10 Å². The first kappa shape index (κ1) is 23.4. The fraction of sp³-hybridized carbons (Fsp3) is 0.222. The van der Waals surface area contributed by atoms with Crippen LogP contribution in [0.3, 0.4) is 0 Å². The van der Waals surface area contributed by atoms with Crippen molar-refractivity contribution in [3.05, 3.63) is 76.8 Å². The molecule has 4 heterocycles. The van der Waals surface area contributed by atoms with Crippen LogP contribution in [0.4, 0.5) is 10.1 Å². The van der Waals surface area contributed by atoms with E-state index in [1.54, 1.807) is 18.3 Å². The molecule has 2 aromatic heterocycles. The molecule has 4 aromatic rings. The average molecular weight is 520 g/mol.